The first-order valence-electron chi connectivity index (χ1n) is 2.88. The van der Waals surface area contributed by atoms with Crippen molar-refractivity contribution in [3.05, 3.63) is 22.7 Å². The average molecular weight is 153 g/mol. The van der Waals surface area contributed by atoms with E-state index in [0.29, 0.717) is 0 Å². The highest BCUT2D eigenvalue weighted by molar-refractivity contribution is 5.21. The molecule has 0 spiro atoms. The van der Waals surface area contributed by atoms with Crippen LogP contribution in [0.15, 0.2) is 27.4 Å². The molecule has 2 N–H and O–H groups in total. The van der Waals surface area contributed by atoms with Crippen LogP contribution in [0.25, 0.3) is 0 Å². The lowest BCUT2D eigenvalue weighted by Crippen LogP contribution is -2.17. The van der Waals surface area contributed by atoms with Gasteiger partial charge < -0.3 is 10.4 Å². The van der Waals surface area contributed by atoms with E-state index in [2.05, 4.69) is 15.3 Å². The minimum atomic E-state index is -0.380. The van der Waals surface area contributed by atoms with E-state index in [4.69, 9.17) is 5.84 Å². The molecule has 1 aromatic rings. The van der Waals surface area contributed by atoms with Gasteiger partial charge in [-0.3, -0.25) is 0 Å². The molecule has 1 heterocycles. The summed E-state index contributed by atoms with van der Waals surface area (Å²) in [5.74, 6) is 4.98. The lowest BCUT2D eigenvalue weighted by Gasteiger charge is -1.92. The monoisotopic (exact) mass is 153 g/mol. The van der Waals surface area contributed by atoms with Crippen molar-refractivity contribution >= 4 is 5.82 Å². The van der Waals surface area contributed by atoms with Crippen LogP contribution in [-0.4, -0.2) is 9.55 Å². The fraction of sp³-hybridized carbons (Fsp3) is 0.200. The zero-order chi connectivity index (χ0) is 8.27. The average Bonchev–Trinajstić information content (AvgIpc) is 1.98. The minimum absolute atomic E-state index is 0.218. The van der Waals surface area contributed by atoms with E-state index in [9.17, 15) is 4.79 Å². The molecule has 0 fully saturated rings. The Morgan fingerprint density at radius 2 is 2.45 bits per heavy atom. The highest BCUT2D eigenvalue weighted by atomic mass is 16.1. The number of hydrogen-bond donors (Lipinski definition) is 1. The van der Waals surface area contributed by atoms with Crippen molar-refractivity contribution in [3.63, 3.8) is 0 Å². The quantitative estimate of drug-likeness (QED) is 0.342. The van der Waals surface area contributed by atoms with Gasteiger partial charge in [-0.2, -0.15) is 4.98 Å². The van der Waals surface area contributed by atoms with Crippen molar-refractivity contribution in [2.24, 2.45) is 23.2 Å². The van der Waals surface area contributed by atoms with Gasteiger partial charge in [0, 0.05) is 19.3 Å². The van der Waals surface area contributed by atoms with E-state index in [1.165, 1.54) is 10.6 Å². The Hall–Kier alpha value is -1.72. The number of aromatic nitrogens is 2. The first kappa shape index (κ1) is 7.39. The van der Waals surface area contributed by atoms with Gasteiger partial charge in [-0.05, 0) is 0 Å². The van der Waals surface area contributed by atoms with Gasteiger partial charge in [-0.15, -0.1) is 5.11 Å². The molecule has 6 nitrogen and oxygen atoms in total. The maximum Gasteiger partial charge on any atom is 0.349 e. The Balaban J connectivity index is 3.15. The third-order valence-electron chi connectivity index (χ3n) is 1.12. The Labute approximate surface area is 62.4 Å². The first-order chi connectivity index (χ1) is 5.24. The molecule has 0 bridgehead atoms. The number of hydrogen-bond acceptors (Lipinski definition) is 4. The molecule has 11 heavy (non-hydrogen) atoms. The molecule has 0 amide bonds. The largest absolute Gasteiger partial charge is 0.349 e. The van der Waals surface area contributed by atoms with Crippen molar-refractivity contribution in [1.29, 1.82) is 0 Å². The van der Waals surface area contributed by atoms with Crippen LogP contribution in [0, 0.1) is 0 Å². The van der Waals surface area contributed by atoms with Crippen LogP contribution in [0.5, 0.6) is 0 Å². The van der Waals surface area contributed by atoms with E-state index in [1.807, 2.05) is 0 Å². The Bertz CT molecular complexity index is 328. The molecule has 0 aliphatic rings. The van der Waals surface area contributed by atoms with Gasteiger partial charge in [-0.25, -0.2) is 4.79 Å². The van der Waals surface area contributed by atoms with E-state index in [1.54, 1.807) is 13.2 Å². The van der Waals surface area contributed by atoms with Gasteiger partial charge in [0.05, 0.1) is 0 Å². The second-order valence-corrected chi connectivity index (χ2v) is 1.89. The van der Waals surface area contributed by atoms with Gasteiger partial charge in [-0.1, -0.05) is 5.22 Å². The van der Waals surface area contributed by atoms with Crippen LogP contribution in [-0.2, 0) is 7.05 Å². The molecule has 1 aromatic heterocycles. The van der Waals surface area contributed by atoms with Crippen LogP contribution in [0.2, 0.25) is 0 Å². The van der Waals surface area contributed by atoms with E-state index < -0.39 is 0 Å². The van der Waals surface area contributed by atoms with Crippen molar-refractivity contribution < 1.29 is 0 Å². The van der Waals surface area contributed by atoms with Gasteiger partial charge in [0.2, 0.25) is 0 Å². The van der Waals surface area contributed by atoms with Crippen LogP contribution in [0.1, 0.15) is 0 Å². The van der Waals surface area contributed by atoms with E-state index in [-0.39, 0.29) is 11.5 Å². The molecule has 0 atom stereocenters. The maximum atomic E-state index is 10.8. The molecule has 0 unspecified atom stereocenters. The van der Waals surface area contributed by atoms with Gasteiger partial charge in [0.15, 0.2) is 5.82 Å². The maximum absolute atomic E-state index is 10.8. The van der Waals surface area contributed by atoms with E-state index >= 15 is 0 Å². The second-order valence-electron chi connectivity index (χ2n) is 1.89. The fourth-order valence-corrected chi connectivity index (χ4v) is 0.571. The Morgan fingerprint density at radius 1 is 1.73 bits per heavy atom. The number of rotatable bonds is 1. The van der Waals surface area contributed by atoms with Crippen LogP contribution in [0.4, 0.5) is 5.82 Å². The molecule has 6 heteroatoms. The Kier molecular flexibility index (Phi) is 1.95. The molecular weight excluding hydrogens is 146 g/mol. The van der Waals surface area contributed by atoms with Crippen LogP contribution in [0.3, 0.4) is 0 Å². The summed E-state index contributed by atoms with van der Waals surface area (Å²) in [6.45, 7) is 0. The van der Waals surface area contributed by atoms with Crippen molar-refractivity contribution in [3.8, 4) is 0 Å². The topological polar surface area (TPSA) is 85.6 Å². The summed E-state index contributed by atoms with van der Waals surface area (Å²) in [7, 11) is 1.60. The summed E-state index contributed by atoms with van der Waals surface area (Å²) >= 11 is 0. The van der Waals surface area contributed by atoms with Gasteiger partial charge in [0.1, 0.15) is 0 Å². The molecule has 1 rings (SSSR count). The molecule has 0 aliphatic heterocycles. The number of nitrogens with zero attached hydrogens (tertiary/aromatic N) is 4. The third-order valence-corrected chi connectivity index (χ3v) is 1.12. The van der Waals surface area contributed by atoms with Gasteiger partial charge >= 0.3 is 5.69 Å². The number of nitrogens with two attached hydrogens (primary N) is 1. The summed E-state index contributed by atoms with van der Waals surface area (Å²) in [5, 5.41) is 6.38. The predicted molar refractivity (Wildman–Crippen MR) is 38.2 cm³/mol. The standard InChI is InChI=1S/C5H7N5O/c1-10-3-2-4(8-9-6)7-5(10)11/h2-3H,1H3,(H2,6,7,8,11). The molecule has 0 saturated carbocycles. The zero-order valence-corrected chi connectivity index (χ0v) is 5.93. The molecular formula is C5H7N5O. The SMILES string of the molecule is Cn1ccc(N=NN)nc1=O. The predicted octanol–water partition coefficient (Wildman–Crippen LogP) is -0.262. The normalized spacial score (nSPS) is 10.6. The van der Waals surface area contributed by atoms with Crippen molar-refractivity contribution in [2.75, 3.05) is 0 Å². The highest BCUT2D eigenvalue weighted by Gasteiger charge is 1.93. The summed E-state index contributed by atoms with van der Waals surface area (Å²) in [5.41, 5.74) is -0.380. The zero-order valence-electron chi connectivity index (χ0n) is 5.93. The summed E-state index contributed by atoms with van der Waals surface area (Å²) in [6, 6.07) is 1.54. The summed E-state index contributed by atoms with van der Waals surface area (Å²) in [4.78, 5) is 14.4. The third kappa shape index (κ3) is 1.60. The molecule has 0 radical (unpaired) electrons. The first-order valence-corrected chi connectivity index (χ1v) is 2.88. The van der Waals surface area contributed by atoms with Crippen molar-refractivity contribution in [1.82, 2.24) is 9.55 Å². The lowest BCUT2D eigenvalue weighted by molar-refractivity contribution is 0.806. The lowest BCUT2D eigenvalue weighted by atomic mass is 10.6. The van der Waals surface area contributed by atoms with Crippen LogP contribution >= 0.6 is 0 Å². The smallest absolute Gasteiger partial charge is 0.305 e. The summed E-state index contributed by atoms with van der Waals surface area (Å²) in [6.07, 6.45) is 1.54. The molecule has 0 aliphatic carbocycles. The minimum Gasteiger partial charge on any atom is -0.305 e. The molecule has 0 saturated heterocycles. The summed E-state index contributed by atoms with van der Waals surface area (Å²) < 4.78 is 1.33. The van der Waals surface area contributed by atoms with Crippen molar-refractivity contribution in [2.45, 2.75) is 0 Å². The fourth-order valence-electron chi connectivity index (χ4n) is 0.571. The second kappa shape index (κ2) is 2.91. The molecule has 58 valence electrons. The number of aryl methyl sites for hydroxylation is 1. The van der Waals surface area contributed by atoms with Gasteiger partial charge in [0.25, 0.3) is 0 Å². The Morgan fingerprint density at radius 3 is 3.00 bits per heavy atom. The van der Waals surface area contributed by atoms with E-state index in [0.717, 1.165) is 0 Å². The van der Waals surface area contributed by atoms with Crippen LogP contribution < -0.4 is 11.5 Å². The molecule has 0 aromatic carbocycles. The highest BCUT2D eigenvalue weighted by Crippen LogP contribution is 2.00.